The molecular formula is C9H9F3N4O2. The first-order valence-corrected chi connectivity index (χ1v) is 4.57. The summed E-state index contributed by atoms with van der Waals surface area (Å²) in [5.41, 5.74) is 7.27. The number of carboxylic acids is 1. The van der Waals surface area contributed by atoms with Crippen molar-refractivity contribution >= 4 is 17.4 Å². The zero-order valence-electron chi connectivity index (χ0n) is 9.14. The van der Waals surface area contributed by atoms with Gasteiger partial charge in [-0.1, -0.05) is 0 Å². The number of hydrogen-bond donors (Lipinski definition) is 2. The lowest BCUT2D eigenvalue weighted by molar-refractivity contribution is -0.192. The molecule has 0 saturated heterocycles. The van der Waals surface area contributed by atoms with Crippen LogP contribution in [0.5, 0.6) is 0 Å². The van der Waals surface area contributed by atoms with E-state index in [2.05, 4.69) is 9.97 Å². The molecule has 2 rings (SSSR count). The summed E-state index contributed by atoms with van der Waals surface area (Å²) in [5.74, 6) is -2.25. The van der Waals surface area contributed by atoms with Crippen LogP contribution in [0.4, 0.5) is 19.0 Å². The minimum atomic E-state index is -5.08. The third kappa shape index (κ3) is 3.61. The van der Waals surface area contributed by atoms with Crippen LogP contribution < -0.4 is 5.73 Å². The van der Waals surface area contributed by atoms with Gasteiger partial charge in [0.15, 0.2) is 5.65 Å². The van der Waals surface area contributed by atoms with Gasteiger partial charge < -0.3 is 15.2 Å². The Bertz CT molecular complexity index is 564. The van der Waals surface area contributed by atoms with Crippen LogP contribution in [0.15, 0.2) is 18.6 Å². The standard InChI is InChI=1S/C7H8N4.C2HF3O2/c1-5-3-11-4-6(8)9-2-7(11)10-5;3-2(4,5)1(6)7/h2-4H,8H2,1H3;(H,6,7). The number of aryl methyl sites for hydroxylation is 1. The van der Waals surface area contributed by atoms with Crippen LogP contribution in [0.3, 0.4) is 0 Å². The number of aliphatic carboxylic acids is 1. The van der Waals surface area contributed by atoms with E-state index in [1.165, 1.54) is 0 Å². The highest BCUT2D eigenvalue weighted by Gasteiger charge is 2.38. The second kappa shape index (κ2) is 4.90. The van der Waals surface area contributed by atoms with Gasteiger partial charge in [-0.3, -0.25) is 0 Å². The lowest BCUT2D eigenvalue weighted by atomic mass is 10.6. The molecule has 0 unspecified atom stereocenters. The smallest absolute Gasteiger partial charge is 0.475 e. The number of carbonyl (C=O) groups is 1. The van der Waals surface area contributed by atoms with Crippen molar-refractivity contribution in [1.29, 1.82) is 0 Å². The first kappa shape index (κ1) is 13.7. The van der Waals surface area contributed by atoms with E-state index >= 15 is 0 Å². The number of fused-ring (bicyclic) bond motifs is 1. The molecule has 2 aromatic heterocycles. The highest BCUT2D eigenvalue weighted by atomic mass is 19.4. The second-order valence-corrected chi connectivity index (χ2v) is 3.26. The topological polar surface area (TPSA) is 93.5 Å². The van der Waals surface area contributed by atoms with Crippen molar-refractivity contribution in [1.82, 2.24) is 14.4 Å². The summed E-state index contributed by atoms with van der Waals surface area (Å²) in [5, 5.41) is 7.12. The van der Waals surface area contributed by atoms with E-state index < -0.39 is 12.1 Å². The first-order chi connectivity index (χ1) is 8.20. The molecule has 18 heavy (non-hydrogen) atoms. The zero-order chi connectivity index (χ0) is 13.9. The highest BCUT2D eigenvalue weighted by Crippen LogP contribution is 2.13. The molecule has 0 aliphatic heterocycles. The number of halogens is 3. The van der Waals surface area contributed by atoms with Crippen LogP contribution >= 0.6 is 0 Å². The largest absolute Gasteiger partial charge is 0.490 e. The van der Waals surface area contributed by atoms with Gasteiger partial charge in [0.1, 0.15) is 5.82 Å². The van der Waals surface area contributed by atoms with Gasteiger partial charge in [0, 0.05) is 6.20 Å². The molecule has 2 heterocycles. The van der Waals surface area contributed by atoms with Crippen LogP contribution in [-0.2, 0) is 4.79 Å². The maximum atomic E-state index is 10.6. The number of hydrogen-bond acceptors (Lipinski definition) is 4. The molecule has 0 aliphatic carbocycles. The highest BCUT2D eigenvalue weighted by molar-refractivity contribution is 5.73. The Labute approximate surface area is 98.9 Å². The molecule has 0 bridgehead atoms. The minimum Gasteiger partial charge on any atom is -0.475 e. The number of anilines is 1. The summed E-state index contributed by atoms with van der Waals surface area (Å²) in [6.45, 7) is 1.93. The van der Waals surface area contributed by atoms with E-state index in [0.29, 0.717) is 5.82 Å². The molecule has 0 aliphatic rings. The molecular weight excluding hydrogens is 253 g/mol. The van der Waals surface area contributed by atoms with E-state index in [4.69, 9.17) is 15.6 Å². The molecule has 0 radical (unpaired) electrons. The molecule has 6 nitrogen and oxygen atoms in total. The van der Waals surface area contributed by atoms with E-state index in [1.54, 1.807) is 12.4 Å². The molecule has 0 saturated carbocycles. The molecule has 9 heteroatoms. The first-order valence-electron chi connectivity index (χ1n) is 4.57. The van der Waals surface area contributed by atoms with E-state index in [0.717, 1.165) is 11.3 Å². The predicted molar refractivity (Wildman–Crippen MR) is 55.8 cm³/mol. The summed E-state index contributed by atoms with van der Waals surface area (Å²) < 4.78 is 33.6. The Hall–Kier alpha value is -2.32. The molecule has 2 aromatic rings. The Morgan fingerprint density at radius 3 is 2.50 bits per heavy atom. The lowest BCUT2D eigenvalue weighted by Crippen LogP contribution is -2.21. The van der Waals surface area contributed by atoms with Crippen molar-refractivity contribution < 1.29 is 23.1 Å². The number of rotatable bonds is 0. The molecule has 0 amide bonds. The van der Waals surface area contributed by atoms with E-state index in [-0.39, 0.29) is 0 Å². The lowest BCUT2D eigenvalue weighted by Gasteiger charge is -1.93. The fourth-order valence-corrected chi connectivity index (χ4v) is 1.04. The molecule has 0 atom stereocenters. The molecule has 0 spiro atoms. The summed E-state index contributed by atoms with van der Waals surface area (Å²) in [6, 6.07) is 0. The zero-order valence-corrected chi connectivity index (χ0v) is 9.14. The average molecular weight is 262 g/mol. The quantitative estimate of drug-likeness (QED) is 0.745. The Balaban J connectivity index is 0.000000203. The number of carboxylic acid groups (broad SMARTS) is 1. The molecule has 0 aromatic carbocycles. The predicted octanol–water partition coefficient (Wildman–Crippen LogP) is 1.25. The van der Waals surface area contributed by atoms with Gasteiger partial charge in [-0.25, -0.2) is 14.8 Å². The van der Waals surface area contributed by atoms with Crippen molar-refractivity contribution in [2.75, 3.05) is 5.73 Å². The summed E-state index contributed by atoms with van der Waals surface area (Å²) in [4.78, 5) is 17.0. The van der Waals surface area contributed by atoms with Crippen molar-refractivity contribution in [2.45, 2.75) is 13.1 Å². The summed E-state index contributed by atoms with van der Waals surface area (Å²) >= 11 is 0. The van der Waals surface area contributed by atoms with Crippen LogP contribution in [0.25, 0.3) is 5.65 Å². The third-order valence-electron chi connectivity index (χ3n) is 1.72. The monoisotopic (exact) mass is 262 g/mol. The fourth-order valence-electron chi connectivity index (χ4n) is 1.04. The molecule has 0 fully saturated rings. The van der Waals surface area contributed by atoms with Gasteiger partial charge in [-0.15, -0.1) is 0 Å². The Morgan fingerprint density at radius 2 is 2.00 bits per heavy atom. The van der Waals surface area contributed by atoms with Gasteiger partial charge in [0.05, 0.1) is 18.1 Å². The van der Waals surface area contributed by atoms with Gasteiger partial charge in [0.2, 0.25) is 0 Å². The maximum Gasteiger partial charge on any atom is 0.490 e. The van der Waals surface area contributed by atoms with Crippen molar-refractivity contribution in [2.24, 2.45) is 0 Å². The minimum absolute atomic E-state index is 0.509. The Morgan fingerprint density at radius 1 is 1.44 bits per heavy atom. The number of nitrogens with two attached hydrogens (primary N) is 1. The van der Waals surface area contributed by atoms with E-state index in [9.17, 15) is 13.2 Å². The molecule has 98 valence electrons. The molecule has 3 N–H and O–H groups in total. The number of aromatic nitrogens is 3. The number of imidazole rings is 1. The van der Waals surface area contributed by atoms with Gasteiger partial charge in [0.25, 0.3) is 0 Å². The van der Waals surface area contributed by atoms with Gasteiger partial charge in [-0.2, -0.15) is 13.2 Å². The Kier molecular flexibility index (Phi) is 3.74. The van der Waals surface area contributed by atoms with Crippen LogP contribution in [0.1, 0.15) is 5.69 Å². The van der Waals surface area contributed by atoms with Crippen molar-refractivity contribution in [3.8, 4) is 0 Å². The second-order valence-electron chi connectivity index (χ2n) is 3.26. The number of nitrogen functional groups attached to an aromatic ring is 1. The average Bonchev–Trinajstić information content (AvgIpc) is 2.56. The normalized spacial score (nSPS) is 10.9. The SMILES string of the molecule is Cc1cn2cc(N)ncc2n1.O=C(O)C(F)(F)F. The van der Waals surface area contributed by atoms with Crippen LogP contribution in [0, 0.1) is 6.92 Å². The maximum absolute atomic E-state index is 10.6. The van der Waals surface area contributed by atoms with Crippen molar-refractivity contribution in [3.63, 3.8) is 0 Å². The fraction of sp³-hybridized carbons (Fsp3) is 0.222. The van der Waals surface area contributed by atoms with Crippen LogP contribution in [-0.4, -0.2) is 31.6 Å². The van der Waals surface area contributed by atoms with Gasteiger partial charge in [-0.05, 0) is 6.92 Å². The van der Waals surface area contributed by atoms with Gasteiger partial charge >= 0.3 is 12.1 Å². The number of alkyl halides is 3. The summed E-state index contributed by atoms with van der Waals surface area (Å²) in [7, 11) is 0. The van der Waals surface area contributed by atoms with Crippen LogP contribution in [0.2, 0.25) is 0 Å². The summed E-state index contributed by atoms with van der Waals surface area (Å²) in [6.07, 6.45) is 0.227. The third-order valence-corrected chi connectivity index (χ3v) is 1.72. The van der Waals surface area contributed by atoms with E-state index in [1.807, 2.05) is 17.5 Å². The van der Waals surface area contributed by atoms with Crippen molar-refractivity contribution in [3.05, 3.63) is 24.3 Å². The number of nitrogens with zero attached hydrogens (tertiary/aromatic N) is 3.